The third-order valence-electron chi connectivity index (χ3n) is 7.30. The van der Waals surface area contributed by atoms with Crippen LogP contribution in [0.15, 0.2) is 4.99 Å². The van der Waals surface area contributed by atoms with Crippen LogP contribution in [-0.4, -0.2) is 148 Å². The number of carboxylic acid groups (broad SMARTS) is 1. The van der Waals surface area contributed by atoms with E-state index in [4.69, 9.17) is 22.9 Å². The molecule has 0 aromatic carbocycles. The van der Waals surface area contributed by atoms with Gasteiger partial charge < -0.3 is 69.7 Å². The second kappa shape index (κ2) is 21.4. The lowest BCUT2D eigenvalue weighted by molar-refractivity contribution is -0.146. The molecule has 22 nitrogen and oxygen atoms in total. The van der Waals surface area contributed by atoms with Gasteiger partial charge in [-0.2, -0.15) is 12.6 Å². The molecule has 16 N–H and O–H groups in total. The van der Waals surface area contributed by atoms with Crippen LogP contribution in [0.5, 0.6) is 0 Å². The van der Waals surface area contributed by atoms with Crippen LogP contribution in [0.3, 0.4) is 0 Å². The summed E-state index contributed by atoms with van der Waals surface area (Å²) in [5, 5.41) is 40.1. The molecule has 1 heterocycles. The number of carbonyl (C=O) groups is 8. The number of aliphatic hydroxyl groups excluding tert-OH is 2. The summed E-state index contributed by atoms with van der Waals surface area (Å²) in [4.78, 5) is 105. The van der Waals surface area contributed by atoms with E-state index < -0.39 is 109 Å². The summed E-state index contributed by atoms with van der Waals surface area (Å²) in [5.74, 6) is -8.34. The fraction of sp³-hybridized carbons (Fsp3) is 0.667. The number of nitrogens with one attached hydrogen (secondary N) is 5. The Morgan fingerprint density at radius 3 is 2.12 bits per heavy atom. The lowest BCUT2D eigenvalue weighted by Gasteiger charge is -2.29. The van der Waals surface area contributed by atoms with Crippen molar-refractivity contribution in [3.8, 4) is 0 Å². The van der Waals surface area contributed by atoms with Crippen LogP contribution >= 0.6 is 12.6 Å². The lowest BCUT2D eigenvalue weighted by Crippen LogP contribution is -2.60. The van der Waals surface area contributed by atoms with E-state index in [0.717, 1.165) is 4.90 Å². The van der Waals surface area contributed by atoms with Crippen LogP contribution in [0.4, 0.5) is 0 Å². The first-order chi connectivity index (χ1) is 23.4. The highest BCUT2D eigenvalue weighted by molar-refractivity contribution is 7.80. The van der Waals surface area contributed by atoms with Crippen molar-refractivity contribution >= 4 is 65.9 Å². The van der Waals surface area contributed by atoms with Gasteiger partial charge in [-0.3, -0.25) is 43.3 Å². The molecule has 0 aromatic heterocycles. The van der Waals surface area contributed by atoms with Gasteiger partial charge in [-0.25, -0.2) is 0 Å². The molecule has 1 rings (SSSR count). The SMILES string of the molecule is C[C@@H](O)[C@H](NC(=O)[C@H](CS)NC(=O)[C@H](CO)NC(=O)[C@@H]1CCCN1C(=O)[C@H](CC(=O)O)NC(=O)CNC(=O)[C@@H](N)CCCN=C(N)N)C(N)=O. The van der Waals surface area contributed by atoms with Gasteiger partial charge in [-0.1, -0.05) is 0 Å². The van der Waals surface area contributed by atoms with E-state index in [1.807, 2.05) is 0 Å². The molecule has 1 saturated heterocycles. The standard InChI is InChI=1S/C27H47N11O11S/c1-12(40)20(21(29)44)37-24(47)16(11-50)36-23(46)15(10-39)35-25(48)17-5-3-7-38(17)26(49)14(8-19(42)43)34-18(41)9-33-22(45)13(28)4-2-6-32-27(30)31/h12-17,20,39-40,50H,2-11,28H2,1H3,(H2,29,44)(H,33,45)(H,34,41)(H,35,48)(H,36,46)(H,37,47)(H,42,43)(H4,30,31,32)/t12-,13+,14+,15+,16+,17+,20+/m1/s1. The number of aliphatic carboxylic acids is 1. The molecule has 0 unspecified atom stereocenters. The normalized spacial score (nSPS) is 17.5. The molecule has 1 aliphatic rings. The largest absolute Gasteiger partial charge is 0.481 e. The maximum Gasteiger partial charge on any atom is 0.305 e. The van der Waals surface area contributed by atoms with Gasteiger partial charge in [0.25, 0.3) is 0 Å². The number of aliphatic imine (C=N–C) groups is 1. The number of aliphatic hydroxyl groups is 2. The van der Waals surface area contributed by atoms with E-state index in [2.05, 4.69) is 44.2 Å². The quantitative estimate of drug-likeness (QED) is 0.0226. The first-order valence-electron chi connectivity index (χ1n) is 15.4. The summed E-state index contributed by atoms with van der Waals surface area (Å²) < 4.78 is 0. The fourth-order valence-electron chi connectivity index (χ4n) is 4.68. The average Bonchev–Trinajstić information content (AvgIpc) is 3.54. The van der Waals surface area contributed by atoms with Crippen LogP contribution in [0.1, 0.15) is 39.0 Å². The monoisotopic (exact) mass is 733 g/mol. The Labute approximate surface area is 292 Å². The molecule has 0 aliphatic carbocycles. The smallest absolute Gasteiger partial charge is 0.305 e. The number of amides is 7. The molecule has 7 amide bonds. The molecule has 0 spiro atoms. The Kier molecular flexibility index (Phi) is 18.5. The minimum atomic E-state index is -1.64. The number of hydrogen-bond donors (Lipinski definition) is 13. The number of primary amides is 1. The molecule has 282 valence electrons. The zero-order valence-electron chi connectivity index (χ0n) is 27.4. The van der Waals surface area contributed by atoms with Gasteiger partial charge in [-0.05, 0) is 32.6 Å². The Hall–Kier alpha value is -4.74. The second-order valence-electron chi connectivity index (χ2n) is 11.3. The number of guanidine groups is 1. The highest BCUT2D eigenvalue weighted by atomic mass is 32.1. The number of nitrogens with zero attached hydrogens (tertiary/aromatic N) is 2. The van der Waals surface area contributed by atoms with Crippen molar-refractivity contribution in [2.45, 2.75) is 81.4 Å². The average molecular weight is 734 g/mol. The maximum absolute atomic E-state index is 13.4. The minimum Gasteiger partial charge on any atom is -0.481 e. The van der Waals surface area contributed by atoms with Crippen molar-refractivity contribution in [1.29, 1.82) is 0 Å². The van der Waals surface area contributed by atoms with Gasteiger partial charge in [0.05, 0.1) is 31.7 Å². The molecule has 7 atom stereocenters. The summed E-state index contributed by atoms with van der Waals surface area (Å²) >= 11 is 3.99. The Bertz CT molecular complexity index is 1280. The molecule has 1 fully saturated rings. The zero-order valence-corrected chi connectivity index (χ0v) is 28.3. The summed E-state index contributed by atoms with van der Waals surface area (Å²) in [6.07, 6.45) is -1.29. The van der Waals surface area contributed by atoms with Crippen molar-refractivity contribution < 1.29 is 53.7 Å². The first-order valence-corrected chi connectivity index (χ1v) is 16.1. The van der Waals surface area contributed by atoms with Gasteiger partial charge in [0.1, 0.15) is 30.2 Å². The molecule has 23 heteroatoms. The number of hydrogen-bond acceptors (Lipinski definition) is 13. The molecule has 0 saturated carbocycles. The number of carboxylic acids is 1. The number of rotatable bonds is 21. The maximum atomic E-state index is 13.4. The summed E-state index contributed by atoms with van der Waals surface area (Å²) in [5.41, 5.74) is 21.4. The van der Waals surface area contributed by atoms with E-state index >= 15 is 0 Å². The van der Waals surface area contributed by atoms with Gasteiger partial charge >= 0.3 is 5.97 Å². The van der Waals surface area contributed by atoms with Gasteiger partial charge in [0, 0.05) is 18.8 Å². The summed E-state index contributed by atoms with van der Waals surface area (Å²) in [6, 6.07) is -8.39. The second-order valence-corrected chi connectivity index (χ2v) is 11.7. The molecule has 0 aromatic rings. The van der Waals surface area contributed by atoms with Crippen molar-refractivity contribution in [1.82, 2.24) is 31.5 Å². The predicted molar refractivity (Wildman–Crippen MR) is 177 cm³/mol. The minimum absolute atomic E-state index is 0.0173. The lowest BCUT2D eigenvalue weighted by atomic mass is 10.1. The van der Waals surface area contributed by atoms with Gasteiger partial charge in [-0.15, -0.1) is 0 Å². The van der Waals surface area contributed by atoms with E-state index in [-0.39, 0.29) is 44.1 Å². The zero-order chi connectivity index (χ0) is 38.1. The Morgan fingerprint density at radius 2 is 1.58 bits per heavy atom. The van der Waals surface area contributed by atoms with Crippen LogP contribution in [0, 0.1) is 0 Å². The summed E-state index contributed by atoms with van der Waals surface area (Å²) in [7, 11) is 0. The van der Waals surface area contributed by atoms with Crippen LogP contribution in [-0.2, 0) is 38.4 Å². The molecule has 0 radical (unpaired) electrons. The van der Waals surface area contributed by atoms with Crippen molar-refractivity contribution in [2.75, 3.05) is 32.0 Å². The molecular formula is C27H47N11O11S. The van der Waals surface area contributed by atoms with E-state index in [9.17, 15) is 53.7 Å². The number of likely N-dealkylation sites (tertiary alicyclic amines) is 1. The van der Waals surface area contributed by atoms with Gasteiger partial charge in [0.15, 0.2) is 5.96 Å². The van der Waals surface area contributed by atoms with E-state index in [1.165, 1.54) is 6.92 Å². The summed E-state index contributed by atoms with van der Waals surface area (Å²) in [6.45, 7) is -0.173. The first kappa shape index (κ1) is 43.3. The highest BCUT2D eigenvalue weighted by Gasteiger charge is 2.40. The third kappa shape index (κ3) is 14.4. The van der Waals surface area contributed by atoms with E-state index in [1.54, 1.807) is 0 Å². The topological polar surface area (TPSA) is 377 Å². The Balaban J connectivity index is 2.89. The van der Waals surface area contributed by atoms with Gasteiger partial charge in [0.2, 0.25) is 41.4 Å². The molecule has 50 heavy (non-hydrogen) atoms. The van der Waals surface area contributed by atoms with Crippen LogP contribution in [0.2, 0.25) is 0 Å². The number of thiol groups is 1. The van der Waals surface area contributed by atoms with Crippen LogP contribution in [0.25, 0.3) is 0 Å². The predicted octanol–water partition coefficient (Wildman–Crippen LogP) is -7.32. The third-order valence-corrected chi connectivity index (χ3v) is 7.66. The Morgan fingerprint density at radius 1 is 0.940 bits per heavy atom. The number of carbonyl (C=O) groups excluding carboxylic acids is 7. The van der Waals surface area contributed by atoms with Crippen molar-refractivity contribution in [3.05, 3.63) is 0 Å². The van der Waals surface area contributed by atoms with E-state index in [0.29, 0.717) is 6.42 Å². The van der Waals surface area contributed by atoms with Crippen LogP contribution < -0.4 is 49.5 Å². The highest BCUT2D eigenvalue weighted by Crippen LogP contribution is 2.19. The molecule has 0 bridgehead atoms. The molecule has 1 aliphatic heterocycles. The van der Waals surface area contributed by atoms with Crippen molar-refractivity contribution in [2.24, 2.45) is 27.9 Å². The fourth-order valence-corrected chi connectivity index (χ4v) is 4.94. The van der Waals surface area contributed by atoms with Crippen molar-refractivity contribution in [3.63, 3.8) is 0 Å². The number of nitrogens with two attached hydrogens (primary N) is 4. The molecular weight excluding hydrogens is 686 g/mol.